The lowest BCUT2D eigenvalue weighted by molar-refractivity contribution is -0.144. The number of carbonyl (C=O) groups is 1. The van der Waals surface area contributed by atoms with Crippen LogP contribution in [0.25, 0.3) is 0 Å². The molecule has 29 heavy (non-hydrogen) atoms. The number of nitriles is 1. The van der Waals surface area contributed by atoms with Gasteiger partial charge in [0.05, 0.1) is 11.0 Å². The van der Waals surface area contributed by atoms with Crippen molar-refractivity contribution >= 4 is 15.9 Å². The van der Waals surface area contributed by atoms with Crippen LogP contribution in [0.4, 0.5) is 0 Å². The zero-order valence-corrected chi connectivity index (χ0v) is 18.9. The predicted octanol–water partition coefficient (Wildman–Crippen LogP) is 3.13. The lowest BCUT2D eigenvalue weighted by atomic mass is 9.69. The summed E-state index contributed by atoms with van der Waals surface area (Å²) in [5, 5.41) is 9.40. The predicted molar refractivity (Wildman–Crippen MR) is 112 cm³/mol. The van der Waals surface area contributed by atoms with Crippen molar-refractivity contribution in [3.05, 3.63) is 28.8 Å². The highest BCUT2D eigenvalue weighted by atomic mass is 32.2. The smallest absolute Gasteiger partial charge is 0.243 e. The first-order valence-corrected chi connectivity index (χ1v) is 11.7. The zero-order valence-electron chi connectivity index (χ0n) is 18.1. The molecule has 1 aliphatic heterocycles. The first-order valence-electron chi connectivity index (χ1n) is 10.2. The molecule has 2 aliphatic rings. The van der Waals surface area contributed by atoms with Crippen LogP contribution in [0.5, 0.6) is 0 Å². The Morgan fingerprint density at radius 1 is 1.07 bits per heavy atom. The van der Waals surface area contributed by atoms with E-state index in [0.717, 1.165) is 23.1 Å². The van der Waals surface area contributed by atoms with Gasteiger partial charge in [0.2, 0.25) is 15.9 Å². The fourth-order valence-corrected chi connectivity index (χ4v) is 6.09. The van der Waals surface area contributed by atoms with Crippen molar-refractivity contribution in [3.63, 3.8) is 0 Å². The Labute approximate surface area is 174 Å². The van der Waals surface area contributed by atoms with Gasteiger partial charge in [-0.05, 0) is 55.2 Å². The monoisotopic (exact) mass is 417 g/mol. The summed E-state index contributed by atoms with van der Waals surface area (Å²) in [5.74, 6) is -0.134. The molecule has 1 heterocycles. The normalized spacial score (nSPS) is 20.1. The van der Waals surface area contributed by atoms with Crippen LogP contribution >= 0.6 is 0 Å². The van der Waals surface area contributed by atoms with E-state index in [0.29, 0.717) is 30.8 Å². The summed E-state index contributed by atoms with van der Waals surface area (Å²) >= 11 is 0. The second kappa shape index (κ2) is 7.41. The number of sulfonamides is 1. The molecule has 1 aliphatic carbocycles. The highest BCUT2D eigenvalue weighted by Gasteiger charge is 2.47. The van der Waals surface area contributed by atoms with Gasteiger partial charge in [-0.3, -0.25) is 4.79 Å². The van der Waals surface area contributed by atoms with Crippen molar-refractivity contribution < 1.29 is 13.2 Å². The van der Waals surface area contributed by atoms with Crippen LogP contribution in [0.1, 0.15) is 56.7 Å². The molecular formula is C22H31N3O3S. The van der Waals surface area contributed by atoms with Gasteiger partial charge in [0.25, 0.3) is 0 Å². The zero-order chi connectivity index (χ0) is 21.6. The van der Waals surface area contributed by atoms with Crippen molar-refractivity contribution in [2.24, 2.45) is 5.41 Å². The molecule has 3 rings (SSSR count). The molecule has 0 atom stereocenters. The number of nitrogens with zero attached hydrogens (tertiary/aromatic N) is 3. The topological polar surface area (TPSA) is 81.5 Å². The van der Waals surface area contributed by atoms with Crippen LogP contribution in [-0.2, 0) is 20.2 Å². The van der Waals surface area contributed by atoms with E-state index in [9.17, 15) is 18.5 Å². The van der Waals surface area contributed by atoms with Gasteiger partial charge in [-0.25, -0.2) is 8.42 Å². The van der Waals surface area contributed by atoms with Crippen LogP contribution in [0.15, 0.2) is 17.0 Å². The lowest BCUT2D eigenvalue weighted by Gasteiger charge is -2.41. The van der Waals surface area contributed by atoms with Crippen LogP contribution < -0.4 is 0 Å². The maximum atomic E-state index is 13.4. The van der Waals surface area contributed by atoms with E-state index in [2.05, 4.69) is 26.8 Å². The van der Waals surface area contributed by atoms with E-state index in [-0.39, 0.29) is 24.4 Å². The Morgan fingerprint density at radius 2 is 1.59 bits per heavy atom. The Morgan fingerprint density at radius 3 is 1.97 bits per heavy atom. The maximum Gasteiger partial charge on any atom is 0.243 e. The second-order valence-electron chi connectivity index (χ2n) is 9.43. The second-order valence-corrected chi connectivity index (χ2v) is 11.3. The van der Waals surface area contributed by atoms with E-state index in [4.69, 9.17) is 0 Å². The van der Waals surface area contributed by atoms with E-state index < -0.39 is 15.4 Å². The molecule has 0 bridgehead atoms. The Hall–Kier alpha value is -1.91. The largest absolute Gasteiger partial charge is 0.339 e. The van der Waals surface area contributed by atoms with Gasteiger partial charge >= 0.3 is 0 Å². The minimum Gasteiger partial charge on any atom is -0.339 e. The first-order chi connectivity index (χ1) is 13.4. The van der Waals surface area contributed by atoms with Crippen molar-refractivity contribution in [1.29, 1.82) is 5.26 Å². The highest BCUT2D eigenvalue weighted by Crippen LogP contribution is 2.42. The van der Waals surface area contributed by atoms with Gasteiger partial charge in [-0.1, -0.05) is 32.9 Å². The summed E-state index contributed by atoms with van der Waals surface area (Å²) in [4.78, 5) is 14.8. The standard InChI is InChI=1S/C22H31N3O3S/c1-16-13-18(21(3,4)5)14-17(2)19(16)29(27,28)25-11-9-24(10-12-25)20(26)22(15-23)7-6-8-22/h13-14H,6-12H2,1-5H3. The number of hydrogen-bond acceptors (Lipinski definition) is 4. The van der Waals surface area contributed by atoms with Crippen LogP contribution in [0.3, 0.4) is 0 Å². The van der Waals surface area contributed by atoms with Gasteiger partial charge in [-0.2, -0.15) is 9.57 Å². The number of rotatable bonds is 3. The average molecular weight is 418 g/mol. The van der Waals surface area contributed by atoms with Gasteiger partial charge in [0.1, 0.15) is 5.41 Å². The Bertz CT molecular complexity index is 935. The number of benzene rings is 1. The van der Waals surface area contributed by atoms with Crippen molar-refractivity contribution in [2.45, 2.75) is 64.2 Å². The number of piperazine rings is 1. The molecule has 2 fully saturated rings. The minimum atomic E-state index is -3.64. The van der Waals surface area contributed by atoms with Crippen molar-refractivity contribution in [1.82, 2.24) is 9.21 Å². The Balaban J connectivity index is 1.79. The molecule has 1 amide bonds. The molecule has 1 aromatic rings. The minimum absolute atomic E-state index is 0.0535. The SMILES string of the molecule is Cc1cc(C(C)(C)C)cc(C)c1S(=O)(=O)N1CCN(C(=O)C2(C#N)CCC2)CC1. The number of aryl methyl sites for hydroxylation is 2. The Kier molecular flexibility index (Phi) is 5.57. The highest BCUT2D eigenvalue weighted by molar-refractivity contribution is 7.89. The van der Waals surface area contributed by atoms with Crippen LogP contribution in [-0.4, -0.2) is 49.7 Å². The summed E-state index contributed by atoms with van der Waals surface area (Å²) in [7, 11) is -3.64. The molecule has 1 saturated heterocycles. The summed E-state index contributed by atoms with van der Waals surface area (Å²) in [6.45, 7) is 11.2. The molecule has 0 unspecified atom stereocenters. The van der Waals surface area contributed by atoms with Crippen LogP contribution in [0, 0.1) is 30.6 Å². The van der Waals surface area contributed by atoms with Gasteiger partial charge in [0, 0.05) is 26.2 Å². The quantitative estimate of drug-likeness (QED) is 0.757. The molecule has 6 nitrogen and oxygen atoms in total. The summed E-state index contributed by atoms with van der Waals surface area (Å²) in [5.41, 5.74) is 1.70. The van der Waals surface area contributed by atoms with Crippen LogP contribution in [0.2, 0.25) is 0 Å². The van der Waals surface area contributed by atoms with E-state index in [1.807, 2.05) is 26.0 Å². The summed E-state index contributed by atoms with van der Waals surface area (Å²) in [6, 6.07) is 6.12. The molecular weight excluding hydrogens is 386 g/mol. The third kappa shape index (κ3) is 3.80. The maximum absolute atomic E-state index is 13.4. The molecule has 158 valence electrons. The molecule has 1 aromatic carbocycles. The molecule has 0 radical (unpaired) electrons. The number of amides is 1. The van der Waals surface area contributed by atoms with Crippen molar-refractivity contribution in [2.75, 3.05) is 26.2 Å². The van der Waals surface area contributed by atoms with Crippen molar-refractivity contribution in [3.8, 4) is 6.07 Å². The van der Waals surface area contributed by atoms with E-state index >= 15 is 0 Å². The van der Waals surface area contributed by atoms with Gasteiger partial charge < -0.3 is 4.90 Å². The fraction of sp³-hybridized carbons (Fsp3) is 0.636. The summed E-state index contributed by atoms with van der Waals surface area (Å²) in [6.07, 6.45) is 2.12. The number of hydrogen-bond donors (Lipinski definition) is 0. The molecule has 1 saturated carbocycles. The summed E-state index contributed by atoms with van der Waals surface area (Å²) < 4.78 is 28.2. The van der Waals surface area contributed by atoms with Gasteiger partial charge in [0.15, 0.2) is 0 Å². The third-order valence-corrected chi connectivity index (χ3v) is 8.49. The van der Waals surface area contributed by atoms with E-state index in [1.54, 1.807) is 4.90 Å². The number of carbonyl (C=O) groups excluding carboxylic acids is 1. The van der Waals surface area contributed by atoms with E-state index in [1.165, 1.54) is 4.31 Å². The molecule has 0 N–H and O–H groups in total. The molecule has 7 heteroatoms. The molecule has 0 aromatic heterocycles. The average Bonchev–Trinajstić information content (AvgIpc) is 2.59. The first kappa shape index (κ1) is 21.8. The van der Waals surface area contributed by atoms with Gasteiger partial charge in [-0.15, -0.1) is 0 Å². The fourth-order valence-electron chi connectivity index (χ4n) is 4.26. The third-order valence-electron chi connectivity index (χ3n) is 6.28. The lowest BCUT2D eigenvalue weighted by Crippen LogP contribution is -2.55. The molecule has 0 spiro atoms.